The zero-order valence-corrected chi connectivity index (χ0v) is 17.9. The molecule has 1 saturated heterocycles. The summed E-state index contributed by atoms with van der Waals surface area (Å²) in [6.45, 7) is 2.27. The molecule has 1 saturated carbocycles. The van der Waals surface area contributed by atoms with Crippen LogP contribution in [-0.4, -0.2) is 57.3 Å². The molecule has 2 aromatic heterocycles. The standard InChI is InChI=1S/C23H27N5O3/c1-30-21-18(11-25-22(27-21)31-2)23(29)15-6-5-7-16(23)13-28(12-15)14-17-10-24-19-8-3-4-9-20(19)26-17/h3-4,8-11,15-16,29H,5-7,12-14H2,1-2H3/t15-,16+,23?. The van der Waals surface area contributed by atoms with Gasteiger partial charge < -0.3 is 14.6 Å². The van der Waals surface area contributed by atoms with E-state index in [1.54, 1.807) is 13.3 Å². The molecular formula is C23H27N5O3. The van der Waals surface area contributed by atoms with Crippen molar-refractivity contribution in [1.29, 1.82) is 0 Å². The van der Waals surface area contributed by atoms with Crippen LogP contribution in [-0.2, 0) is 12.1 Å². The Morgan fingerprint density at radius 1 is 1.00 bits per heavy atom. The third-order valence-electron chi connectivity index (χ3n) is 6.73. The van der Waals surface area contributed by atoms with Crippen molar-refractivity contribution in [2.45, 2.75) is 31.4 Å². The molecular weight excluding hydrogens is 394 g/mol. The lowest BCUT2D eigenvalue weighted by Crippen LogP contribution is -2.58. The molecule has 0 radical (unpaired) electrons. The molecule has 0 spiro atoms. The van der Waals surface area contributed by atoms with Crippen LogP contribution in [0.3, 0.4) is 0 Å². The first-order valence-electron chi connectivity index (χ1n) is 10.7. The van der Waals surface area contributed by atoms with Crippen molar-refractivity contribution in [2.24, 2.45) is 11.8 Å². The molecule has 1 aliphatic carbocycles. The topological polar surface area (TPSA) is 93.5 Å². The maximum atomic E-state index is 12.0. The van der Waals surface area contributed by atoms with Crippen molar-refractivity contribution in [1.82, 2.24) is 24.8 Å². The van der Waals surface area contributed by atoms with Crippen LogP contribution >= 0.6 is 0 Å². The number of piperidine rings is 1. The van der Waals surface area contributed by atoms with Crippen molar-refractivity contribution in [3.05, 3.63) is 47.9 Å². The molecule has 3 atom stereocenters. The summed E-state index contributed by atoms with van der Waals surface area (Å²) in [5.41, 5.74) is 2.42. The maximum Gasteiger partial charge on any atom is 0.319 e. The smallest absolute Gasteiger partial charge is 0.319 e. The van der Waals surface area contributed by atoms with Crippen LogP contribution in [0.15, 0.2) is 36.7 Å². The van der Waals surface area contributed by atoms with Gasteiger partial charge in [0.05, 0.1) is 42.7 Å². The van der Waals surface area contributed by atoms with Crippen LogP contribution < -0.4 is 9.47 Å². The Bertz CT molecular complexity index is 1080. The van der Waals surface area contributed by atoms with Crippen LogP contribution in [0.1, 0.15) is 30.5 Å². The van der Waals surface area contributed by atoms with Gasteiger partial charge in [-0.1, -0.05) is 18.6 Å². The SMILES string of the molecule is COc1ncc(C2(O)[C@@H]3CCC[C@H]2CN(Cc2cnc4ccccc4n2)C3)c(OC)n1. The van der Waals surface area contributed by atoms with E-state index < -0.39 is 5.60 Å². The second-order valence-corrected chi connectivity index (χ2v) is 8.47. The van der Waals surface area contributed by atoms with Crippen LogP contribution in [0.2, 0.25) is 0 Å². The first-order valence-corrected chi connectivity index (χ1v) is 10.7. The molecule has 1 unspecified atom stereocenters. The van der Waals surface area contributed by atoms with Gasteiger partial charge >= 0.3 is 6.01 Å². The summed E-state index contributed by atoms with van der Waals surface area (Å²) < 4.78 is 10.6. The Balaban J connectivity index is 1.41. The predicted octanol–water partition coefficient (Wildman–Crippen LogP) is 2.56. The fourth-order valence-electron chi connectivity index (χ4n) is 5.29. The molecule has 31 heavy (non-hydrogen) atoms. The van der Waals surface area contributed by atoms with Gasteiger partial charge in [-0.3, -0.25) is 9.88 Å². The molecule has 1 aliphatic heterocycles. The highest BCUT2D eigenvalue weighted by atomic mass is 16.5. The molecule has 2 fully saturated rings. The Labute approximate surface area is 181 Å². The molecule has 5 rings (SSSR count). The van der Waals surface area contributed by atoms with Gasteiger partial charge in [0.1, 0.15) is 5.60 Å². The molecule has 3 heterocycles. The van der Waals surface area contributed by atoms with Crippen molar-refractivity contribution in [2.75, 3.05) is 27.3 Å². The predicted molar refractivity (Wildman–Crippen MR) is 115 cm³/mol. The number of aliphatic hydroxyl groups is 1. The number of hydrogen-bond acceptors (Lipinski definition) is 8. The van der Waals surface area contributed by atoms with Crippen molar-refractivity contribution >= 4 is 11.0 Å². The van der Waals surface area contributed by atoms with E-state index in [1.807, 2.05) is 30.5 Å². The number of hydrogen-bond donors (Lipinski definition) is 1. The third kappa shape index (κ3) is 3.49. The molecule has 1 aromatic carbocycles. The average molecular weight is 422 g/mol. The lowest BCUT2D eigenvalue weighted by Gasteiger charge is -2.53. The van der Waals surface area contributed by atoms with Gasteiger partial charge in [-0.2, -0.15) is 4.98 Å². The minimum Gasteiger partial charge on any atom is -0.481 e. The molecule has 2 bridgehead atoms. The van der Waals surface area contributed by atoms with E-state index in [2.05, 4.69) is 19.9 Å². The zero-order chi connectivity index (χ0) is 21.4. The van der Waals surface area contributed by atoms with Crippen molar-refractivity contribution < 1.29 is 14.6 Å². The van der Waals surface area contributed by atoms with Gasteiger partial charge in [0.2, 0.25) is 5.88 Å². The highest BCUT2D eigenvalue weighted by Crippen LogP contribution is 2.51. The number of benzene rings is 1. The summed E-state index contributed by atoms with van der Waals surface area (Å²) in [5, 5.41) is 12.0. The van der Waals surface area contributed by atoms with Gasteiger partial charge in [-0.25, -0.2) is 9.97 Å². The first kappa shape index (κ1) is 20.1. The first-order chi connectivity index (χ1) is 15.1. The maximum absolute atomic E-state index is 12.0. The summed E-state index contributed by atoms with van der Waals surface area (Å²) in [4.78, 5) is 20.3. The number of nitrogens with zero attached hydrogens (tertiary/aromatic N) is 5. The fraction of sp³-hybridized carbons (Fsp3) is 0.478. The van der Waals surface area contributed by atoms with Crippen molar-refractivity contribution in [3.8, 4) is 11.9 Å². The molecule has 3 aromatic rings. The van der Waals surface area contributed by atoms with E-state index in [0.29, 0.717) is 11.4 Å². The minimum atomic E-state index is -1.01. The van der Waals surface area contributed by atoms with E-state index in [9.17, 15) is 5.11 Å². The number of methoxy groups -OCH3 is 2. The van der Waals surface area contributed by atoms with Gasteiger partial charge in [0.15, 0.2) is 0 Å². The number of likely N-dealkylation sites (tertiary alicyclic amines) is 1. The largest absolute Gasteiger partial charge is 0.481 e. The highest BCUT2D eigenvalue weighted by Gasteiger charge is 2.53. The number of rotatable bonds is 5. The van der Waals surface area contributed by atoms with Crippen LogP contribution in [0, 0.1) is 11.8 Å². The van der Waals surface area contributed by atoms with Crippen LogP contribution in [0.5, 0.6) is 11.9 Å². The highest BCUT2D eigenvalue weighted by molar-refractivity contribution is 5.73. The molecule has 2 aliphatic rings. The number of fused-ring (bicyclic) bond motifs is 3. The summed E-state index contributed by atoms with van der Waals surface area (Å²) in [6.07, 6.45) is 6.53. The molecule has 1 N–H and O–H groups in total. The Morgan fingerprint density at radius 3 is 2.45 bits per heavy atom. The second kappa shape index (κ2) is 8.01. The van der Waals surface area contributed by atoms with E-state index >= 15 is 0 Å². The van der Waals surface area contributed by atoms with E-state index in [-0.39, 0.29) is 17.8 Å². The number of ether oxygens (including phenoxy) is 2. The van der Waals surface area contributed by atoms with Gasteiger partial charge in [-0.05, 0) is 25.0 Å². The summed E-state index contributed by atoms with van der Waals surface area (Å²) in [7, 11) is 3.09. The Hall–Kier alpha value is -2.84. The van der Waals surface area contributed by atoms with Crippen LogP contribution in [0.25, 0.3) is 11.0 Å². The van der Waals surface area contributed by atoms with Gasteiger partial charge in [0, 0.05) is 37.7 Å². The quantitative estimate of drug-likeness (QED) is 0.672. The second-order valence-electron chi connectivity index (χ2n) is 8.47. The normalized spacial score (nSPS) is 26.0. The van der Waals surface area contributed by atoms with Gasteiger partial charge in [-0.15, -0.1) is 0 Å². The Kier molecular flexibility index (Phi) is 5.19. The summed E-state index contributed by atoms with van der Waals surface area (Å²) in [5.74, 6) is 0.527. The lowest BCUT2D eigenvalue weighted by molar-refractivity contribution is -0.150. The molecule has 0 amide bonds. The van der Waals surface area contributed by atoms with Crippen LogP contribution in [0.4, 0.5) is 0 Å². The number of aromatic nitrogens is 4. The lowest BCUT2D eigenvalue weighted by atomic mass is 9.63. The average Bonchev–Trinajstić information content (AvgIpc) is 2.79. The summed E-state index contributed by atoms with van der Waals surface area (Å²) >= 11 is 0. The van der Waals surface area contributed by atoms with E-state index in [1.165, 1.54) is 7.11 Å². The zero-order valence-electron chi connectivity index (χ0n) is 17.9. The summed E-state index contributed by atoms with van der Waals surface area (Å²) in [6, 6.07) is 8.16. The van der Waals surface area contributed by atoms with Gasteiger partial charge in [0.25, 0.3) is 0 Å². The molecule has 162 valence electrons. The molecule has 8 nitrogen and oxygen atoms in total. The molecule has 8 heteroatoms. The van der Waals surface area contributed by atoms with E-state index in [0.717, 1.165) is 55.6 Å². The van der Waals surface area contributed by atoms with Crippen molar-refractivity contribution in [3.63, 3.8) is 0 Å². The third-order valence-corrected chi connectivity index (χ3v) is 6.73. The fourth-order valence-corrected chi connectivity index (χ4v) is 5.29. The monoisotopic (exact) mass is 421 g/mol. The minimum absolute atomic E-state index is 0.0688. The number of para-hydroxylation sites is 2. The van der Waals surface area contributed by atoms with E-state index in [4.69, 9.17) is 14.5 Å². The Morgan fingerprint density at radius 2 is 1.74 bits per heavy atom.